The number of nitrogens with zero attached hydrogens (tertiary/aromatic N) is 1. The van der Waals surface area contributed by atoms with Gasteiger partial charge in [0.2, 0.25) is 0 Å². The number of nitrogens with two attached hydrogens (primary N) is 1. The Morgan fingerprint density at radius 2 is 2.00 bits per heavy atom. The van der Waals surface area contributed by atoms with Gasteiger partial charge in [-0.1, -0.05) is 13.8 Å². The van der Waals surface area contributed by atoms with Crippen LogP contribution in [-0.2, 0) is 9.53 Å². The second-order valence-corrected chi connectivity index (χ2v) is 3.87. The highest BCUT2D eigenvalue weighted by Gasteiger charge is 2.34. The van der Waals surface area contributed by atoms with Crippen molar-refractivity contribution in [3.05, 3.63) is 0 Å². The lowest BCUT2D eigenvalue weighted by Crippen LogP contribution is -2.49. The predicted octanol–water partition coefficient (Wildman–Crippen LogP) is 0.999. The molecule has 0 saturated carbocycles. The number of rotatable bonds is 7. The summed E-state index contributed by atoms with van der Waals surface area (Å²) in [6.07, 6.45) is 1.61. The maximum atomic E-state index is 12.2. The van der Waals surface area contributed by atoms with Crippen molar-refractivity contribution < 1.29 is 9.53 Å². The first kappa shape index (κ1) is 14.4. The van der Waals surface area contributed by atoms with E-state index in [2.05, 4.69) is 0 Å². The fourth-order valence-corrected chi connectivity index (χ4v) is 1.46. The third-order valence-corrected chi connectivity index (χ3v) is 2.76. The van der Waals surface area contributed by atoms with Gasteiger partial charge in [0.05, 0.1) is 0 Å². The van der Waals surface area contributed by atoms with Crippen LogP contribution in [0.2, 0.25) is 0 Å². The zero-order chi connectivity index (χ0) is 11.9. The molecule has 1 amide bonds. The minimum Gasteiger partial charge on any atom is -0.369 e. The Morgan fingerprint density at radius 3 is 2.33 bits per heavy atom. The molecule has 0 aliphatic heterocycles. The Morgan fingerprint density at radius 1 is 1.40 bits per heavy atom. The smallest absolute Gasteiger partial charge is 0.254 e. The van der Waals surface area contributed by atoms with Gasteiger partial charge in [0.25, 0.3) is 5.91 Å². The van der Waals surface area contributed by atoms with Gasteiger partial charge in [0, 0.05) is 26.7 Å². The monoisotopic (exact) mass is 216 g/mol. The van der Waals surface area contributed by atoms with Crippen molar-refractivity contribution in [1.82, 2.24) is 4.90 Å². The van der Waals surface area contributed by atoms with Crippen molar-refractivity contribution in [3.8, 4) is 0 Å². The molecule has 0 bridgehead atoms. The van der Waals surface area contributed by atoms with Crippen LogP contribution in [0.3, 0.4) is 0 Å². The van der Waals surface area contributed by atoms with E-state index in [1.807, 2.05) is 20.8 Å². The van der Waals surface area contributed by atoms with Gasteiger partial charge >= 0.3 is 0 Å². The summed E-state index contributed by atoms with van der Waals surface area (Å²) in [6.45, 7) is 7.67. The Labute approximate surface area is 92.8 Å². The molecule has 15 heavy (non-hydrogen) atoms. The summed E-state index contributed by atoms with van der Waals surface area (Å²) in [5.41, 5.74) is 4.78. The molecule has 0 rings (SSSR count). The molecule has 0 aliphatic carbocycles. The van der Waals surface area contributed by atoms with E-state index in [9.17, 15) is 4.79 Å². The van der Waals surface area contributed by atoms with Crippen molar-refractivity contribution in [1.29, 1.82) is 0 Å². The lowest BCUT2D eigenvalue weighted by molar-refractivity contribution is -0.153. The van der Waals surface area contributed by atoms with Gasteiger partial charge < -0.3 is 15.4 Å². The van der Waals surface area contributed by atoms with Gasteiger partial charge in [-0.05, 0) is 19.8 Å². The summed E-state index contributed by atoms with van der Waals surface area (Å²) >= 11 is 0. The molecular weight excluding hydrogens is 192 g/mol. The summed E-state index contributed by atoms with van der Waals surface area (Å²) in [6, 6.07) is 0. The lowest BCUT2D eigenvalue weighted by Gasteiger charge is -2.32. The highest BCUT2D eigenvalue weighted by Crippen LogP contribution is 2.17. The molecule has 2 N–H and O–H groups in total. The van der Waals surface area contributed by atoms with E-state index in [1.165, 1.54) is 0 Å². The number of carbonyl (C=O) groups is 1. The van der Waals surface area contributed by atoms with Gasteiger partial charge in [-0.2, -0.15) is 0 Å². The van der Waals surface area contributed by atoms with Crippen molar-refractivity contribution in [3.63, 3.8) is 0 Å². The van der Waals surface area contributed by atoms with Crippen LogP contribution in [0.15, 0.2) is 0 Å². The summed E-state index contributed by atoms with van der Waals surface area (Å²) in [4.78, 5) is 13.9. The fraction of sp³-hybridized carbons (Fsp3) is 0.909. The quantitative estimate of drug-likeness (QED) is 0.690. The van der Waals surface area contributed by atoms with Crippen molar-refractivity contribution in [2.75, 3.05) is 26.7 Å². The van der Waals surface area contributed by atoms with E-state index >= 15 is 0 Å². The van der Waals surface area contributed by atoms with Crippen LogP contribution in [0.5, 0.6) is 0 Å². The van der Waals surface area contributed by atoms with Gasteiger partial charge in [-0.25, -0.2) is 0 Å². The summed E-state index contributed by atoms with van der Waals surface area (Å²) in [5, 5.41) is 0. The topological polar surface area (TPSA) is 55.6 Å². The van der Waals surface area contributed by atoms with Crippen LogP contribution < -0.4 is 5.73 Å². The van der Waals surface area contributed by atoms with Crippen LogP contribution in [0, 0.1) is 0 Å². The Balaban J connectivity index is 4.59. The van der Waals surface area contributed by atoms with Crippen molar-refractivity contribution >= 4 is 5.91 Å². The van der Waals surface area contributed by atoms with E-state index < -0.39 is 5.60 Å². The zero-order valence-corrected chi connectivity index (χ0v) is 10.4. The molecule has 0 aromatic heterocycles. The fourth-order valence-electron chi connectivity index (χ4n) is 1.46. The molecule has 0 aromatic rings. The average molecular weight is 216 g/mol. The molecule has 0 aliphatic rings. The van der Waals surface area contributed by atoms with Crippen molar-refractivity contribution in [2.24, 2.45) is 5.73 Å². The van der Waals surface area contributed by atoms with E-state index in [4.69, 9.17) is 10.5 Å². The zero-order valence-electron chi connectivity index (χ0n) is 10.4. The van der Waals surface area contributed by atoms with E-state index in [0.717, 1.165) is 13.0 Å². The molecule has 0 spiro atoms. The minimum absolute atomic E-state index is 0.0415. The minimum atomic E-state index is -0.704. The number of hydrogen-bond acceptors (Lipinski definition) is 3. The summed E-state index contributed by atoms with van der Waals surface area (Å²) in [5.74, 6) is 0.0415. The molecule has 90 valence electrons. The van der Waals surface area contributed by atoms with Crippen LogP contribution >= 0.6 is 0 Å². The lowest BCUT2D eigenvalue weighted by atomic mass is 10.0. The van der Waals surface area contributed by atoms with Crippen LogP contribution in [0.4, 0.5) is 0 Å². The average Bonchev–Trinajstić information content (AvgIpc) is 2.26. The largest absolute Gasteiger partial charge is 0.369 e. The molecule has 0 saturated heterocycles. The molecule has 4 heteroatoms. The summed E-state index contributed by atoms with van der Waals surface area (Å²) < 4.78 is 5.29. The molecular formula is C11H24N2O2. The van der Waals surface area contributed by atoms with E-state index in [0.29, 0.717) is 19.5 Å². The normalized spacial score (nSPS) is 14.7. The molecule has 4 nitrogen and oxygen atoms in total. The first-order valence-corrected chi connectivity index (χ1v) is 5.60. The second-order valence-electron chi connectivity index (χ2n) is 3.87. The second kappa shape index (κ2) is 6.80. The maximum Gasteiger partial charge on any atom is 0.254 e. The van der Waals surface area contributed by atoms with Crippen LogP contribution in [0.1, 0.15) is 33.6 Å². The van der Waals surface area contributed by atoms with Crippen LogP contribution in [0.25, 0.3) is 0 Å². The van der Waals surface area contributed by atoms with Gasteiger partial charge in [0.1, 0.15) is 5.60 Å². The third-order valence-electron chi connectivity index (χ3n) is 2.76. The highest BCUT2D eigenvalue weighted by atomic mass is 16.5. The molecule has 0 aromatic carbocycles. The van der Waals surface area contributed by atoms with E-state index in [-0.39, 0.29) is 5.91 Å². The standard InChI is InChI=1S/C11H24N2O2/c1-5-8-13(9-7-12)10(14)11(3,6-2)15-4/h5-9,12H2,1-4H3. The van der Waals surface area contributed by atoms with Gasteiger partial charge in [0.15, 0.2) is 0 Å². The number of methoxy groups -OCH3 is 1. The highest BCUT2D eigenvalue weighted by molar-refractivity contribution is 5.84. The number of ether oxygens (including phenoxy) is 1. The number of amides is 1. The van der Waals surface area contributed by atoms with Crippen molar-refractivity contribution in [2.45, 2.75) is 39.2 Å². The Hall–Kier alpha value is -0.610. The first-order chi connectivity index (χ1) is 7.05. The maximum absolute atomic E-state index is 12.2. The Bertz CT molecular complexity index is 185. The molecule has 0 fully saturated rings. The SMILES string of the molecule is CCCN(CCN)C(=O)C(C)(CC)OC. The third kappa shape index (κ3) is 3.80. The molecule has 0 radical (unpaired) electrons. The first-order valence-electron chi connectivity index (χ1n) is 5.60. The molecule has 1 atom stereocenters. The number of carbonyl (C=O) groups excluding carboxylic acids is 1. The predicted molar refractivity (Wildman–Crippen MR) is 61.6 cm³/mol. The summed E-state index contributed by atoms with van der Waals surface area (Å²) in [7, 11) is 1.58. The van der Waals surface area contributed by atoms with Gasteiger partial charge in [-0.15, -0.1) is 0 Å². The molecule has 1 unspecified atom stereocenters. The number of hydrogen-bond donors (Lipinski definition) is 1. The van der Waals surface area contributed by atoms with E-state index in [1.54, 1.807) is 12.0 Å². The Kier molecular flexibility index (Phi) is 6.52. The van der Waals surface area contributed by atoms with Gasteiger partial charge in [-0.3, -0.25) is 4.79 Å². The van der Waals surface area contributed by atoms with Crippen LogP contribution in [-0.4, -0.2) is 43.2 Å². The molecule has 0 heterocycles.